The van der Waals surface area contributed by atoms with Crippen molar-refractivity contribution < 1.29 is 8.42 Å². The van der Waals surface area contributed by atoms with Crippen LogP contribution in [0.15, 0.2) is 23.1 Å². The molecule has 1 heterocycles. The molecule has 1 aromatic carbocycles. The third-order valence-corrected chi connectivity index (χ3v) is 6.59. The zero-order valence-corrected chi connectivity index (χ0v) is 13.0. The third-order valence-electron chi connectivity index (χ3n) is 4.70. The van der Waals surface area contributed by atoms with Crippen LogP contribution in [0.3, 0.4) is 0 Å². The molecule has 2 aliphatic rings. The first-order valence-electron chi connectivity index (χ1n) is 7.69. The summed E-state index contributed by atoms with van der Waals surface area (Å²) in [5.41, 5.74) is 2.57. The van der Waals surface area contributed by atoms with E-state index in [0.29, 0.717) is 23.9 Å². The Morgan fingerprint density at radius 1 is 1.05 bits per heavy atom. The van der Waals surface area contributed by atoms with Gasteiger partial charge in [-0.3, -0.25) is 0 Å². The van der Waals surface area contributed by atoms with Gasteiger partial charge in [0.25, 0.3) is 0 Å². The predicted octanol–water partition coefficient (Wildman–Crippen LogP) is 2.99. The molecule has 0 bridgehead atoms. The fourth-order valence-electron chi connectivity index (χ4n) is 3.24. The summed E-state index contributed by atoms with van der Waals surface area (Å²) in [6.07, 6.45) is 6.47. The molecule has 0 spiro atoms. The number of benzene rings is 1. The Labute approximate surface area is 122 Å². The molecule has 20 heavy (non-hydrogen) atoms. The smallest absolute Gasteiger partial charge is 0.207 e. The topological polar surface area (TPSA) is 37.4 Å². The van der Waals surface area contributed by atoms with Crippen molar-refractivity contribution in [3.8, 4) is 0 Å². The molecule has 1 aliphatic heterocycles. The summed E-state index contributed by atoms with van der Waals surface area (Å²) < 4.78 is 27.1. The zero-order chi connectivity index (χ0) is 14.2. The summed E-state index contributed by atoms with van der Waals surface area (Å²) in [6.45, 7) is 3.53. The zero-order valence-electron chi connectivity index (χ0n) is 12.1. The van der Waals surface area contributed by atoms with Crippen molar-refractivity contribution in [2.75, 3.05) is 13.1 Å². The summed E-state index contributed by atoms with van der Waals surface area (Å²) in [4.78, 5) is 0.493. The lowest BCUT2D eigenvalue weighted by Crippen LogP contribution is -2.37. The Bertz CT molecular complexity index is 586. The maximum atomic E-state index is 12.7. The molecule has 0 radical (unpaired) electrons. The lowest BCUT2D eigenvalue weighted by Gasteiger charge is -2.29. The molecule has 0 saturated carbocycles. The van der Waals surface area contributed by atoms with Gasteiger partial charge in [0.1, 0.15) is 0 Å². The largest absolute Gasteiger partial charge is 0.243 e. The summed E-state index contributed by atoms with van der Waals surface area (Å²) in [7, 11) is -3.29. The van der Waals surface area contributed by atoms with Gasteiger partial charge in [0.05, 0.1) is 4.90 Å². The second kappa shape index (κ2) is 5.49. The Kier molecular flexibility index (Phi) is 3.87. The second-order valence-electron chi connectivity index (χ2n) is 6.22. The first-order chi connectivity index (χ1) is 9.57. The number of rotatable bonds is 2. The van der Waals surface area contributed by atoms with Crippen LogP contribution >= 0.6 is 0 Å². The van der Waals surface area contributed by atoms with Crippen LogP contribution in [-0.2, 0) is 22.9 Å². The highest BCUT2D eigenvalue weighted by atomic mass is 32.2. The first kappa shape index (κ1) is 14.1. The van der Waals surface area contributed by atoms with Gasteiger partial charge in [-0.25, -0.2) is 8.42 Å². The van der Waals surface area contributed by atoms with Gasteiger partial charge in [0, 0.05) is 13.1 Å². The molecule has 1 aromatic rings. The Morgan fingerprint density at radius 3 is 2.40 bits per heavy atom. The van der Waals surface area contributed by atoms with E-state index in [9.17, 15) is 8.42 Å². The van der Waals surface area contributed by atoms with Crippen LogP contribution in [0.2, 0.25) is 0 Å². The van der Waals surface area contributed by atoms with E-state index >= 15 is 0 Å². The van der Waals surface area contributed by atoms with Crippen LogP contribution in [0.1, 0.15) is 43.7 Å². The van der Waals surface area contributed by atoms with Crippen molar-refractivity contribution >= 4 is 10.0 Å². The monoisotopic (exact) mass is 293 g/mol. The molecule has 1 aliphatic carbocycles. The summed E-state index contributed by atoms with van der Waals surface area (Å²) >= 11 is 0. The molecule has 0 aromatic heterocycles. The van der Waals surface area contributed by atoms with Crippen LogP contribution in [0, 0.1) is 5.92 Å². The number of hydrogen-bond acceptors (Lipinski definition) is 2. The minimum atomic E-state index is -3.29. The average molecular weight is 293 g/mol. The molecular weight excluding hydrogens is 270 g/mol. The van der Waals surface area contributed by atoms with Gasteiger partial charge in [-0.15, -0.1) is 0 Å². The molecule has 0 atom stereocenters. The number of piperidine rings is 1. The summed E-state index contributed by atoms with van der Waals surface area (Å²) in [5.74, 6) is 0.644. The van der Waals surface area contributed by atoms with E-state index in [4.69, 9.17) is 0 Å². The van der Waals surface area contributed by atoms with E-state index < -0.39 is 10.0 Å². The van der Waals surface area contributed by atoms with Gasteiger partial charge >= 0.3 is 0 Å². The van der Waals surface area contributed by atoms with Gasteiger partial charge in [-0.1, -0.05) is 13.0 Å². The lowest BCUT2D eigenvalue weighted by molar-refractivity contribution is 0.288. The van der Waals surface area contributed by atoms with E-state index in [2.05, 4.69) is 6.92 Å². The molecule has 110 valence electrons. The van der Waals surface area contributed by atoms with E-state index in [1.54, 1.807) is 10.4 Å². The van der Waals surface area contributed by atoms with Crippen molar-refractivity contribution in [3.05, 3.63) is 29.3 Å². The van der Waals surface area contributed by atoms with Crippen LogP contribution in [0.25, 0.3) is 0 Å². The fourth-order valence-corrected chi connectivity index (χ4v) is 4.77. The molecule has 1 saturated heterocycles. The quantitative estimate of drug-likeness (QED) is 0.840. The van der Waals surface area contributed by atoms with Crippen molar-refractivity contribution in [2.45, 2.75) is 50.3 Å². The van der Waals surface area contributed by atoms with E-state index in [0.717, 1.165) is 25.7 Å². The van der Waals surface area contributed by atoms with E-state index in [-0.39, 0.29) is 0 Å². The first-order valence-corrected chi connectivity index (χ1v) is 9.13. The minimum Gasteiger partial charge on any atom is -0.207 e. The molecule has 3 nitrogen and oxygen atoms in total. The molecular formula is C16H23NO2S. The molecule has 0 unspecified atom stereocenters. The maximum absolute atomic E-state index is 12.7. The number of hydrogen-bond donors (Lipinski definition) is 0. The number of aryl methyl sites for hydroxylation is 2. The minimum absolute atomic E-state index is 0.493. The van der Waals surface area contributed by atoms with E-state index in [1.165, 1.54) is 24.0 Å². The predicted molar refractivity (Wildman–Crippen MR) is 80.2 cm³/mol. The average Bonchev–Trinajstić information content (AvgIpc) is 2.47. The van der Waals surface area contributed by atoms with Crippen LogP contribution in [0.5, 0.6) is 0 Å². The van der Waals surface area contributed by atoms with Gasteiger partial charge in [0.2, 0.25) is 10.0 Å². The second-order valence-corrected chi connectivity index (χ2v) is 8.16. The Morgan fingerprint density at radius 2 is 1.70 bits per heavy atom. The fraction of sp³-hybridized carbons (Fsp3) is 0.625. The van der Waals surface area contributed by atoms with E-state index in [1.807, 2.05) is 12.1 Å². The number of fused-ring (bicyclic) bond motifs is 1. The van der Waals surface area contributed by atoms with Crippen LogP contribution in [-0.4, -0.2) is 25.8 Å². The molecule has 4 heteroatoms. The summed E-state index contributed by atoms with van der Waals surface area (Å²) in [6, 6.07) is 5.74. The Balaban J connectivity index is 1.87. The SMILES string of the molecule is CC1CCN(S(=O)(=O)c2ccc3c(c2)CCCC3)CC1. The normalized spacial score (nSPS) is 21.6. The lowest BCUT2D eigenvalue weighted by atomic mass is 9.92. The standard InChI is InChI=1S/C16H23NO2S/c1-13-8-10-17(11-9-13)20(18,19)16-7-6-14-4-2-3-5-15(14)12-16/h6-7,12-13H,2-5,8-11H2,1H3. The highest BCUT2D eigenvalue weighted by Crippen LogP contribution is 2.27. The van der Waals surface area contributed by atoms with Gasteiger partial charge < -0.3 is 0 Å². The Hall–Kier alpha value is -0.870. The highest BCUT2D eigenvalue weighted by molar-refractivity contribution is 7.89. The number of sulfonamides is 1. The van der Waals surface area contributed by atoms with Crippen molar-refractivity contribution in [1.82, 2.24) is 4.31 Å². The molecule has 0 N–H and O–H groups in total. The molecule has 1 fully saturated rings. The van der Waals surface area contributed by atoms with Gasteiger partial charge in [-0.2, -0.15) is 4.31 Å². The highest BCUT2D eigenvalue weighted by Gasteiger charge is 2.28. The van der Waals surface area contributed by atoms with Crippen molar-refractivity contribution in [3.63, 3.8) is 0 Å². The molecule has 0 amide bonds. The van der Waals surface area contributed by atoms with Gasteiger partial charge in [-0.05, 0) is 67.7 Å². The molecule has 3 rings (SSSR count). The van der Waals surface area contributed by atoms with Crippen molar-refractivity contribution in [2.24, 2.45) is 5.92 Å². The summed E-state index contributed by atoms with van der Waals surface area (Å²) in [5, 5.41) is 0. The van der Waals surface area contributed by atoms with Crippen LogP contribution < -0.4 is 0 Å². The van der Waals surface area contributed by atoms with Crippen LogP contribution in [0.4, 0.5) is 0 Å². The third kappa shape index (κ3) is 2.63. The van der Waals surface area contributed by atoms with Gasteiger partial charge in [0.15, 0.2) is 0 Å². The van der Waals surface area contributed by atoms with Crippen molar-refractivity contribution in [1.29, 1.82) is 0 Å². The maximum Gasteiger partial charge on any atom is 0.243 e. The number of nitrogens with zero attached hydrogens (tertiary/aromatic N) is 1.